The Hall–Kier alpha value is -0.860. The maximum absolute atomic E-state index is 11.4. The number of thiophene rings is 1. The maximum Gasteiger partial charge on any atom is 0.261 e. The summed E-state index contributed by atoms with van der Waals surface area (Å²) in [5, 5.41) is 1.25. The van der Waals surface area contributed by atoms with E-state index < -0.39 is 18.1 Å². The molecule has 0 spiro atoms. The van der Waals surface area contributed by atoms with E-state index in [1.807, 2.05) is 0 Å². The van der Waals surface area contributed by atoms with Gasteiger partial charge < -0.3 is 0 Å². The minimum atomic E-state index is -3.85. The lowest BCUT2D eigenvalue weighted by Crippen LogP contribution is -1.90. The molecule has 3 aromatic rings. The lowest BCUT2D eigenvalue weighted by atomic mass is 10.1. The van der Waals surface area contributed by atoms with Crippen LogP contribution in [0.15, 0.2) is 46.2 Å². The maximum atomic E-state index is 11.4. The molecule has 1 heterocycles. The standard InChI is InChI=1S/C12H6Cl2O4S3/c13-20(15,16)7-1-3-11-9(5-7)10-6-8(21(14,17)18)2-4-12(10)19-11/h1-6H. The van der Waals surface area contributed by atoms with Crippen molar-refractivity contribution < 1.29 is 16.8 Å². The zero-order valence-corrected chi connectivity index (χ0v) is 14.0. The SMILES string of the molecule is O=S(=O)(Cl)c1ccc2sc3ccc(S(=O)(=O)Cl)cc3c2c1. The first-order chi connectivity index (χ1) is 9.66. The second-order valence-corrected chi connectivity index (χ2v) is 10.5. The highest BCUT2D eigenvalue weighted by Gasteiger charge is 2.16. The van der Waals surface area contributed by atoms with Gasteiger partial charge in [0.1, 0.15) is 0 Å². The van der Waals surface area contributed by atoms with Gasteiger partial charge in [0.05, 0.1) is 9.79 Å². The third-order valence-corrected chi connectivity index (χ3v) is 6.83. The van der Waals surface area contributed by atoms with Crippen LogP contribution in [0.25, 0.3) is 20.2 Å². The average molecular weight is 381 g/mol. The van der Waals surface area contributed by atoms with Crippen molar-refractivity contribution in [2.45, 2.75) is 9.79 Å². The molecule has 0 radical (unpaired) electrons. The van der Waals surface area contributed by atoms with Gasteiger partial charge in [-0.1, -0.05) is 0 Å². The fourth-order valence-corrected chi connectivity index (χ4v) is 4.66. The Morgan fingerprint density at radius 2 is 1.10 bits per heavy atom. The van der Waals surface area contributed by atoms with Crippen LogP contribution in [0.2, 0.25) is 0 Å². The summed E-state index contributed by atoms with van der Waals surface area (Å²) in [4.78, 5) is -0.0639. The van der Waals surface area contributed by atoms with E-state index in [0.29, 0.717) is 10.8 Å². The molecule has 3 rings (SSSR count). The predicted molar refractivity (Wildman–Crippen MR) is 85.4 cm³/mol. The Morgan fingerprint density at radius 1 is 0.714 bits per heavy atom. The van der Waals surface area contributed by atoms with Crippen LogP contribution in [-0.4, -0.2) is 16.8 Å². The molecule has 0 amide bonds. The highest BCUT2D eigenvalue weighted by atomic mass is 35.7. The van der Waals surface area contributed by atoms with Crippen LogP contribution >= 0.6 is 32.7 Å². The molecular weight excluding hydrogens is 375 g/mol. The van der Waals surface area contributed by atoms with Crippen molar-refractivity contribution in [1.29, 1.82) is 0 Å². The van der Waals surface area contributed by atoms with Crippen LogP contribution in [0.1, 0.15) is 0 Å². The van der Waals surface area contributed by atoms with Gasteiger partial charge in [-0.25, -0.2) is 16.8 Å². The molecule has 9 heteroatoms. The molecule has 110 valence electrons. The minimum absolute atomic E-state index is 0.0319. The zero-order valence-electron chi connectivity index (χ0n) is 10.1. The molecule has 4 nitrogen and oxygen atoms in total. The first kappa shape index (κ1) is 15.1. The second-order valence-electron chi connectivity index (χ2n) is 4.29. The molecule has 0 aliphatic heterocycles. The summed E-state index contributed by atoms with van der Waals surface area (Å²) in [6.07, 6.45) is 0. The number of hydrogen-bond donors (Lipinski definition) is 0. The van der Waals surface area contributed by atoms with Crippen LogP contribution in [0.5, 0.6) is 0 Å². The van der Waals surface area contributed by atoms with E-state index in [1.165, 1.54) is 35.6 Å². The van der Waals surface area contributed by atoms with E-state index in [-0.39, 0.29) is 9.79 Å². The second kappa shape index (κ2) is 4.82. The third-order valence-electron chi connectivity index (χ3n) is 2.98. The van der Waals surface area contributed by atoms with Crippen LogP contribution in [-0.2, 0) is 18.1 Å². The average Bonchev–Trinajstić information content (AvgIpc) is 2.73. The Morgan fingerprint density at radius 3 is 1.43 bits per heavy atom. The number of fused-ring (bicyclic) bond motifs is 3. The smallest absolute Gasteiger partial charge is 0.207 e. The molecule has 0 bridgehead atoms. The van der Waals surface area contributed by atoms with Crippen molar-refractivity contribution >= 4 is 71.0 Å². The summed E-state index contributed by atoms with van der Waals surface area (Å²) in [5.74, 6) is 0. The van der Waals surface area contributed by atoms with Gasteiger partial charge in [0.2, 0.25) is 0 Å². The van der Waals surface area contributed by atoms with Crippen molar-refractivity contribution in [3.63, 3.8) is 0 Å². The summed E-state index contributed by atoms with van der Waals surface area (Å²) in [6, 6.07) is 8.98. The van der Waals surface area contributed by atoms with Crippen molar-refractivity contribution in [3.8, 4) is 0 Å². The van der Waals surface area contributed by atoms with E-state index in [1.54, 1.807) is 12.1 Å². The zero-order chi connectivity index (χ0) is 15.4. The van der Waals surface area contributed by atoms with Crippen LogP contribution in [0.4, 0.5) is 0 Å². The van der Waals surface area contributed by atoms with E-state index >= 15 is 0 Å². The van der Waals surface area contributed by atoms with Gasteiger partial charge in [-0.15, -0.1) is 11.3 Å². The Labute approximate surface area is 133 Å². The van der Waals surface area contributed by atoms with Gasteiger partial charge in [0.25, 0.3) is 18.1 Å². The van der Waals surface area contributed by atoms with Gasteiger partial charge in [0.15, 0.2) is 0 Å². The minimum Gasteiger partial charge on any atom is -0.207 e. The quantitative estimate of drug-likeness (QED) is 0.632. The topological polar surface area (TPSA) is 68.3 Å². The fraction of sp³-hybridized carbons (Fsp3) is 0. The Balaban J connectivity index is 2.42. The molecule has 0 aliphatic carbocycles. The van der Waals surface area contributed by atoms with E-state index in [4.69, 9.17) is 21.4 Å². The summed E-state index contributed by atoms with van der Waals surface area (Å²) in [7, 11) is 2.99. The van der Waals surface area contributed by atoms with Gasteiger partial charge in [-0.3, -0.25) is 0 Å². The predicted octanol–water partition coefficient (Wildman–Crippen LogP) is 3.91. The molecule has 2 aromatic carbocycles. The first-order valence-electron chi connectivity index (χ1n) is 5.52. The van der Waals surface area contributed by atoms with Crippen molar-refractivity contribution in [3.05, 3.63) is 36.4 Å². The molecule has 1 aromatic heterocycles. The van der Waals surface area contributed by atoms with Crippen molar-refractivity contribution in [2.75, 3.05) is 0 Å². The third kappa shape index (κ3) is 2.76. The van der Waals surface area contributed by atoms with Gasteiger partial charge >= 0.3 is 0 Å². The van der Waals surface area contributed by atoms with E-state index in [0.717, 1.165) is 9.40 Å². The van der Waals surface area contributed by atoms with Crippen molar-refractivity contribution in [1.82, 2.24) is 0 Å². The molecule has 0 saturated heterocycles. The number of hydrogen-bond acceptors (Lipinski definition) is 5. The van der Waals surface area contributed by atoms with Gasteiger partial charge in [0, 0.05) is 41.5 Å². The Kier molecular flexibility index (Phi) is 3.46. The Bertz CT molecular complexity index is 996. The lowest BCUT2D eigenvalue weighted by Gasteiger charge is -1.98. The normalized spacial score (nSPS) is 13.0. The molecule has 0 unspecified atom stereocenters. The molecule has 0 atom stereocenters. The monoisotopic (exact) mass is 380 g/mol. The molecule has 21 heavy (non-hydrogen) atoms. The van der Waals surface area contributed by atoms with Gasteiger partial charge in [-0.2, -0.15) is 0 Å². The summed E-state index contributed by atoms with van der Waals surface area (Å²) >= 11 is 1.42. The summed E-state index contributed by atoms with van der Waals surface area (Å²) in [5.41, 5.74) is 0. The molecule has 0 aliphatic rings. The number of rotatable bonds is 2. The molecule has 0 saturated carbocycles. The van der Waals surface area contributed by atoms with Gasteiger partial charge in [-0.05, 0) is 36.4 Å². The summed E-state index contributed by atoms with van der Waals surface area (Å²) in [6.45, 7) is 0. The van der Waals surface area contributed by atoms with Crippen molar-refractivity contribution in [2.24, 2.45) is 0 Å². The van der Waals surface area contributed by atoms with E-state index in [2.05, 4.69) is 0 Å². The highest BCUT2D eigenvalue weighted by molar-refractivity contribution is 8.14. The van der Waals surface area contributed by atoms with E-state index in [9.17, 15) is 16.8 Å². The first-order valence-corrected chi connectivity index (χ1v) is 11.0. The van der Waals surface area contributed by atoms with Crippen LogP contribution < -0.4 is 0 Å². The fourth-order valence-electron chi connectivity index (χ4n) is 2.04. The number of benzene rings is 2. The molecule has 0 fully saturated rings. The van der Waals surface area contributed by atoms with Crippen LogP contribution in [0.3, 0.4) is 0 Å². The largest absolute Gasteiger partial charge is 0.261 e. The molecule has 0 N–H and O–H groups in total. The van der Waals surface area contributed by atoms with Crippen LogP contribution in [0, 0.1) is 0 Å². The summed E-state index contributed by atoms with van der Waals surface area (Å²) < 4.78 is 47.3. The lowest BCUT2D eigenvalue weighted by molar-refractivity contribution is 0.608. The highest BCUT2D eigenvalue weighted by Crippen LogP contribution is 2.37. The molecular formula is C12H6Cl2O4S3. The number of halogens is 2.